The van der Waals surface area contributed by atoms with Gasteiger partial charge in [0.05, 0.1) is 13.0 Å². The van der Waals surface area contributed by atoms with Crippen molar-refractivity contribution < 1.29 is 9.53 Å². The second kappa shape index (κ2) is 8.93. The molecule has 2 aromatic carbocycles. The van der Waals surface area contributed by atoms with E-state index in [1.54, 1.807) is 6.20 Å². The van der Waals surface area contributed by atoms with Crippen molar-refractivity contribution in [1.82, 2.24) is 14.9 Å². The van der Waals surface area contributed by atoms with Crippen molar-refractivity contribution in [3.05, 3.63) is 82.4 Å². The summed E-state index contributed by atoms with van der Waals surface area (Å²) in [6, 6.07) is 13.1. The summed E-state index contributed by atoms with van der Waals surface area (Å²) >= 11 is 6.00. The SMILES string of the molecule is Cc1ccc(C)c(OCCC(=O)N[C@@H](c2ccc(Cl)cc2)c2nccn2C)c1. The van der Waals surface area contributed by atoms with Crippen molar-refractivity contribution in [1.29, 1.82) is 0 Å². The van der Waals surface area contributed by atoms with Gasteiger partial charge in [0.1, 0.15) is 17.6 Å². The summed E-state index contributed by atoms with van der Waals surface area (Å²) in [6.45, 7) is 4.32. The van der Waals surface area contributed by atoms with E-state index in [0.29, 0.717) is 11.6 Å². The third kappa shape index (κ3) is 4.93. The molecule has 0 fully saturated rings. The molecule has 1 amide bonds. The number of hydrogen-bond acceptors (Lipinski definition) is 3. The molecular formula is C22H24ClN3O2. The van der Waals surface area contributed by atoms with Crippen LogP contribution in [0.25, 0.3) is 0 Å². The Morgan fingerprint density at radius 2 is 1.96 bits per heavy atom. The molecule has 0 aliphatic heterocycles. The molecule has 1 atom stereocenters. The minimum Gasteiger partial charge on any atom is -0.493 e. The summed E-state index contributed by atoms with van der Waals surface area (Å²) in [5.74, 6) is 1.46. The van der Waals surface area contributed by atoms with Crippen LogP contribution in [-0.4, -0.2) is 22.1 Å². The lowest BCUT2D eigenvalue weighted by Crippen LogP contribution is -2.32. The van der Waals surface area contributed by atoms with E-state index >= 15 is 0 Å². The van der Waals surface area contributed by atoms with Crippen molar-refractivity contribution in [2.45, 2.75) is 26.3 Å². The number of ether oxygens (including phenoxy) is 1. The number of imidazole rings is 1. The maximum Gasteiger partial charge on any atom is 0.224 e. The molecule has 0 saturated heterocycles. The summed E-state index contributed by atoms with van der Waals surface area (Å²) in [5.41, 5.74) is 3.10. The van der Waals surface area contributed by atoms with Crippen molar-refractivity contribution in [3.8, 4) is 5.75 Å². The molecule has 0 unspecified atom stereocenters. The largest absolute Gasteiger partial charge is 0.493 e. The van der Waals surface area contributed by atoms with Crippen LogP contribution in [0.3, 0.4) is 0 Å². The lowest BCUT2D eigenvalue weighted by molar-refractivity contribution is -0.122. The predicted octanol–water partition coefficient (Wildman–Crippen LogP) is 4.37. The summed E-state index contributed by atoms with van der Waals surface area (Å²) in [7, 11) is 1.90. The third-order valence-corrected chi connectivity index (χ3v) is 4.81. The van der Waals surface area contributed by atoms with Gasteiger partial charge >= 0.3 is 0 Å². The molecule has 3 rings (SSSR count). The van der Waals surface area contributed by atoms with Crippen LogP contribution >= 0.6 is 11.6 Å². The molecule has 0 bridgehead atoms. The number of halogens is 1. The average molecular weight is 398 g/mol. The van der Waals surface area contributed by atoms with Crippen LogP contribution in [0.5, 0.6) is 5.75 Å². The Labute approximate surface area is 170 Å². The van der Waals surface area contributed by atoms with Gasteiger partial charge in [-0.25, -0.2) is 4.98 Å². The molecular weight excluding hydrogens is 374 g/mol. The van der Waals surface area contributed by atoms with Crippen molar-refractivity contribution in [3.63, 3.8) is 0 Å². The number of rotatable bonds is 7. The van der Waals surface area contributed by atoms with Gasteiger partial charge in [0.2, 0.25) is 5.91 Å². The smallest absolute Gasteiger partial charge is 0.224 e. The summed E-state index contributed by atoms with van der Waals surface area (Å²) in [6.07, 6.45) is 3.82. The van der Waals surface area contributed by atoms with Crippen LogP contribution < -0.4 is 10.1 Å². The normalized spacial score (nSPS) is 11.9. The molecule has 146 valence electrons. The van der Waals surface area contributed by atoms with Gasteiger partial charge < -0.3 is 14.6 Å². The molecule has 1 N–H and O–H groups in total. The highest BCUT2D eigenvalue weighted by molar-refractivity contribution is 6.30. The molecule has 3 aromatic rings. The highest BCUT2D eigenvalue weighted by atomic mass is 35.5. The molecule has 0 saturated carbocycles. The average Bonchev–Trinajstić information content (AvgIpc) is 3.09. The molecule has 0 aliphatic rings. The summed E-state index contributed by atoms with van der Waals surface area (Å²) in [5, 5.41) is 3.71. The van der Waals surface area contributed by atoms with E-state index in [4.69, 9.17) is 16.3 Å². The quantitative estimate of drug-likeness (QED) is 0.644. The van der Waals surface area contributed by atoms with Crippen LogP contribution in [0.4, 0.5) is 0 Å². The zero-order valence-electron chi connectivity index (χ0n) is 16.3. The molecule has 0 radical (unpaired) electrons. The zero-order valence-corrected chi connectivity index (χ0v) is 17.0. The minimum absolute atomic E-state index is 0.103. The Morgan fingerprint density at radius 3 is 2.64 bits per heavy atom. The third-order valence-electron chi connectivity index (χ3n) is 4.56. The Bertz CT molecular complexity index is 951. The zero-order chi connectivity index (χ0) is 20.1. The fourth-order valence-electron chi connectivity index (χ4n) is 2.96. The van der Waals surface area contributed by atoms with Crippen LogP contribution in [0.15, 0.2) is 54.9 Å². The molecule has 1 heterocycles. The Morgan fingerprint density at radius 1 is 1.21 bits per heavy atom. The first kappa shape index (κ1) is 20.0. The van der Waals surface area contributed by atoms with E-state index in [2.05, 4.69) is 10.3 Å². The van der Waals surface area contributed by atoms with E-state index in [-0.39, 0.29) is 18.4 Å². The fraction of sp³-hybridized carbons (Fsp3) is 0.273. The molecule has 28 heavy (non-hydrogen) atoms. The predicted molar refractivity (Wildman–Crippen MR) is 111 cm³/mol. The van der Waals surface area contributed by atoms with Gasteiger partial charge in [0.15, 0.2) is 0 Å². The number of nitrogens with zero attached hydrogens (tertiary/aromatic N) is 2. The summed E-state index contributed by atoms with van der Waals surface area (Å²) in [4.78, 5) is 17.0. The highest BCUT2D eigenvalue weighted by Crippen LogP contribution is 2.23. The second-order valence-electron chi connectivity index (χ2n) is 6.82. The number of nitrogens with one attached hydrogen (secondary N) is 1. The minimum atomic E-state index is -0.356. The van der Waals surface area contributed by atoms with E-state index in [0.717, 1.165) is 28.3 Å². The van der Waals surface area contributed by atoms with Gasteiger partial charge in [-0.05, 0) is 48.7 Å². The fourth-order valence-corrected chi connectivity index (χ4v) is 3.08. The van der Waals surface area contributed by atoms with Crippen molar-refractivity contribution in [2.75, 3.05) is 6.61 Å². The van der Waals surface area contributed by atoms with Crippen LogP contribution in [-0.2, 0) is 11.8 Å². The standard InChI is InChI=1S/C22H24ClN3O2/c1-15-4-5-16(2)19(14-15)28-13-10-20(27)25-21(22-24-11-12-26(22)3)17-6-8-18(23)9-7-17/h4-9,11-12,14,21H,10,13H2,1-3H3,(H,25,27)/t21-/m0/s1. The Kier molecular flexibility index (Phi) is 6.37. The molecule has 6 heteroatoms. The maximum absolute atomic E-state index is 12.6. The van der Waals surface area contributed by atoms with E-state index in [1.807, 2.05) is 74.1 Å². The van der Waals surface area contributed by atoms with Gasteiger partial charge in [-0.15, -0.1) is 0 Å². The van der Waals surface area contributed by atoms with Crippen LogP contribution in [0.2, 0.25) is 5.02 Å². The van der Waals surface area contributed by atoms with Gasteiger partial charge in [0.25, 0.3) is 0 Å². The lowest BCUT2D eigenvalue weighted by Gasteiger charge is -2.19. The number of amides is 1. The monoisotopic (exact) mass is 397 g/mol. The maximum atomic E-state index is 12.6. The Balaban J connectivity index is 1.67. The topological polar surface area (TPSA) is 56.1 Å². The first-order valence-corrected chi connectivity index (χ1v) is 9.54. The number of benzene rings is 2. The van der Waals surface area contributed by atoms with Crippen LogP contribution in [0.1, 0.15) is 35.0 Å². The number of carbonyl (C=O) groups is 1. The second-order valence-corrected chi connectivity index (χ2v) is 7.25. The molecule has 0 aliphatic carbocycles. The van der Waals surface area contributed by atoms with E-state index < -0.39 is 0 Å². The van der Waals surface area contributed by atoms with Crippen LogP contribution in [0, 0.1) is 13.8 Å². The molecule has 1 aromatic heterocycles. The molecule has 5 nitrogen and oxygen atoms in total. The number of aromatic nitrogens is 2. The van der Waals surface area contributed by atoms with Gasteiger partial charge in [0, 0.05) is 24.5 Å². The van der Waals surface area contributed by atoms with Gasteiger partial charge in [-0.3, -0.25) is 4.79 Å². The van der Waals surface area contributed by atoms with Gasteiger partial charge in [-0.1, -0.05) is 35.9 Å². The van der Waals surface area contributed by atoms with E-state index in [9.17, 15) is 4.79 Å². The summed E-state index contributed by atoms with van der Waals surface area (Å²) < 4.78 is 7.70. The number of hydrogen-bond donors (Lipinski definition) is 1. The number of aryl methyl sites for hydroxylation is 3. The van der Waals surface area contributed by atoms with Crippen molar-refractivity contribution >= 4 is 17.5 Å². The Hall–Kier alpha value is -2.79. The van der Waals surface area contributed by atoms with Crippen molar-refractivity contribution in [2.24, 2.45) is 7.05 Å². The lowest BCUT2D eigenvalue weighted by atomic mass is 10.1. The highest BCUT2D eigenvalue weighted by Gasteiger charge is 2.20. The molecule has 0 spiro atoms. The van der Waals surface area contributed by atoms with Gasteiger partial charge in [-0.2, -0.15) is 0 Å². The first-order valence-electron chi connectivity index (χ1n) is 9.16. The number of carbonyl (C=O) groups excluding carboxylic acids is 1. The first-order chi connectivity index (χ1) is 13.4. The van der Waals surface area contributed by atoms with E-state index in [1.165, 1.54) is 0 Å².